The van der Waals surface area contributed by atoms with Crippen LogP contribution in [0.2, 0.25) is 0 Å². The number of allylic oxidation sites excluding steroid dienone is 2. The maximum atomic E-state index is 12.5. The quantitative estimate of drug-likeness (QED) is 0.449. The average molecular weight is 441 g/mol. The van der Waals surface area contributed by atoms with Gasteiger partial charge in [-0.2, -0.15) is 0 Å². The summed E-state index contributed by atoms with van der Waals surface area (Å²) >= 11 is 0. The second-order valence-corrected chi connectivity index (χ2v) is 13.1. The van der Waals surface area contributed by atoms with Gasteiger partial charge in [-0.15, -0.1) is 0 Å². The van der Waals surface area contributed by atoms with Crippen molar-refractivity contribution in [1.82, 2.24) is 0 Å². The van der Waals surface area contributed by atoms with E-state index in [1.54, 1.807) is 11.1 Å². The molecule has 0 saturated heterocycles. The molecule has 0 aromatic carbocycles. The van der Waals surface area contributed by atoms with E-state index in [0.717, 1.165) is 19.3 Å². The van der Waals surface area contributed by atoms with E-state index in [4.69, 9.17) is 0 Å². The third-order valence-electron chi connectivity index (χ3n) is 11.7. The Labute approximate surface area is 197 Å². The molecule has 4 aliphatic carbocycles. The van der Waals surface area contributed by atoms with Crippen LogP contribution in [0, 0.1) is 45.8 Å². The predicted octanol–water partition coefficient (Wildman–Crippen LogP) is 7.51. The molecule has 2 saturated carbocycles. The van der Waals surface area contributed by atoms with Crippen molar-refractivity contribution in [1.29, 1.82) is 0 Å². The van der Waals surface area contributed by atoms with Gasteiger partial charge in [-0.1, -0.05) is 71.8 Å². The zero-order valence-corrected chi connectivity index (χ0v) is 21.9. The van der Waals surface area contributed by atoms with E-state index < -0.39 is 0 Å². The third-order valence-corrected chi connectivity index (χ3v) is 11.7. The molecular formula is C30H48O2. The van der Waals surface area contributed by atoms with E-state index in [1.807, 2.05) is 0 Å². The molecule has 32 heavy (non-hydrogen) atoms. The zero-order chi connectivity index (χ0) is 23.6. The zero-order valence-electron chi connectivity index (χ0n) is 21.9. The largest absolute Gasteiger partial charge is 0.393 e. The second kappa shape index (κ2) is 8.10. The highest BCUT2D eigenvalue weighted by molar-refractivity contribution is 5.82. The number of rotatable bonds is 5. The highest BCUT2D eigenvalue weighted by Crippen LogP contribution is 2.71. The van der Waals surface area contributed by atoms with Crippen LogP contribution in [-0.4, -0.2) is 17.0 Å². The Morgan fingerprint density at radius 3 is 2.38 bits per heavy atom. The summed E-state index contributed by atoms with van der Waals surface area (Å²) in [6, 6.07) is 0. The Balaban J connectivity index is 1.63. The highest BCUT2D eigenvalue weighted by atomic mass is 16.3. The van der Waals surface area contributed by atoms with Crippen LogP contribution in [0.25, 0.3) is 0 Å². The van der Waals surface area contributed by atoms with Gasteiger partial charge in [-0.3, -0.25) is 4.79 Å². The molecule has 2 nitrogen and oxygen atoms in total. The summed E-state index contributed by atoms with van der Waals surface area (Å²) in [6.45, 7) is 20.7. The first-order valence-electron chi connectivity index (χ1n) is 13.5. The normalized spacial score (nSPS) is 43.5. The molecule has 4 aliphatic rings. The maximum Gasteiger partial charge on any atom is 0.136 e. The Morgan fingerprint density at radius 2 is 1.72 bits per heavy atom. The first-order valence-corrected chi connectivity index (χ1v) is 13.5. The number of ketones is 1. The fraction of sp³-hybridized carbons (Fsp3) is 0.833. The summed E-state index contributed by atoms with van der Waals surface area (Å²) in [5.41, 5.74) is 5.41. The lowest BCUT2D eigenvalue weighted by Gasteiger charge is -2.59. The van der Waals surface area contributed by atoms with Crippen molar-refractivity contribution in [3.63, 3.8) is 0 Å². The molecule has 0 bridgehead atoms. The van der Waals surface area contributed by atoms with Gasteiger partial charge in [0.25, 0.3) is 0 Å². The molecule has 0 aromatic rings. The minimum absolute atomic E-state index is 0.226. The third kappa shape index (κ3) is 3.33. The number of hydrogen-bond acceptors (Lipinski definition) is 2. The van der Waals surface area contributed by atoms with Gasteiger partial charge in [0.1, 0.15) is 5.78 Å². The molecule has 0 heterocycles. The van der Waals surface area contributed by atoms with E-state index in [-0.39, 0.29) is 28.3 Å². The van der Waals surface area contributed by atoms with Gasteiger partial charge in [0.05, 0.1) is 6.10 Å². The summed E-state index contributed by atoms with van der Waals surface area (Å²) in [6.07, 6.45) is 9.57. The molecule has 2 fully saturated rings. The number of carbonyl (C=O) groups is 1. The van der Waals surface area contributed by atoms with Gasteiger partial charge >= 0.3 is 0 Å². The summed E-state index contributed by atoms with van der Waals surface area (Å²) in [4.78, 5) is 12.5. The van der Waals surface area contributed by atoms with Crippen LogP contribution >= 0.6 is 0 Å². The standard InChI is InChI=1S/C30H48O2/c1-18(2)19(3)17-27(32)21(5)23-11-15-30(8)25-10-9-22-20(4)26(31)13-14-28(22,6)24(25)12-16-29(23,30)7/h18,20-23,27,32H,3,9-17H2,1-2,4-8H3/t20-,21+,22+,23-,27-,28+,29-,30+/m1/s1. The number of fused-ring (bicyclic) bond motifs is 4. The number of aliphatic hydroxyl groups is 1. The molecule has 180 valence electrons. The molecule has 2 heteroatoms. The van der Waals surface area contributed by atoms with Gasteiger partial charge < -0.3 is 5.11 Å². The van der Waals surface area contributed by atoms with Crippen LogP contribution in [0.5, 0.6) is 0 Å². The second-order valence-electron chi connectivity index (χ2n) is 13.1. The maximum absolute atomic E-state index is 12.5. The van der Waals surface area contributed by atoms with E-state index >= 15 is 0 Å². The van der Waals surface area contributed by atoms with Crippen molar-refractivity contribution in [2.75, 3.05) is 0 Å². The number of hydrogen-bond donors (Lipinski definition) is 1. The molecular weight excluding hydrogens is 392 g/mol. The van der Waals surface area contributed by atoms with E-state index in [9.17, 15) is 9.90 Å². The van der Waals surface area contributed by atoms with Crippen LogP contribution in [0.3, 0.4) is 0 Å². The van der Waals surface area contributed by atoms with Crippen molar-refractivity contribution in [3.8, 4) is 0 Å². The van der Waals surface area contributed by atoms with Gasteiger partial charge in [0, 0.05) is 12.3 Å². The number of Topliss-reactive ketones (excluding diaryl/α,β-unsaturated/α-hetero) is 1. The van der Waals surface area contributed by atoms with Crippen molar-refractivity contribution in [3.05, 3.63) is 23.3 Å². The van der Waals surface area contributed by atoms with Crippen molar-refractivity contribution in [2.24, 2.45) is 45.8 Å². The summed E-state index contributed by atoms with van der Waals surface area (Å²) in [7, 11) is 0. The van der Waals surface area contributed by atoms with Crippen LogP contribution in [0.1, 0.15) is 106 Å². The lowest BCUT2D eigenvalue weighted by molar-refractivity contribution is -0.130. The highest BCUT2D eigenvalue weighted by Gasteiger charge is 2.62. The molecule has 4 rings (SSSR count). The lowest BCUT2D eigenvalue weighted by atomic mass is 9.45. The summed E-state index contributed by atoms with van der Waals surface area (Å²) in [5, 5.41) is 11.2. The molecule has 1 N–H and O–H groups in total. The fourth-order valence-electron chi connectivity index (χ4n) is 8.96. The van der Waals surface area contributed by atoms with E-state index in [1.165, 1.54) is 44.1 Å². The van der Waals surface area contributed by atoms with Crippen LogP contribution in [0.4, 0.5) is 0 Å². The first kappa shape index (κ1) is 24.2. The van der Waals surface area contributed by atoms with Crippen LogP contribution in [-0.2, 0) is 4.79 Å². The smallest absolute Gasteiger partial charge is 0.136 e. The minimum atomic E-state index is -0.289. The monoisotopic (exact) mass is 440 g/mol. The Kier molecular flexibility index (Phi) is 6.14. The predicted molar refractivity (Wildman–Crippen MR) is 133 cm³/mol. The van der Waals surface area contributed by atoms with Crippen molar-refractivity contribution in [2.45, 2.75) is 112 Å². The van der Waals surface area contributed by atoms with E-state index in [2.05, 4.69) is 55.0 Å². The average Bonchev–Trinajstić information content (AvgIpc) is 3.01. The molecule has 0 amide bonds. The molecule has 0 unspecified atom stereocenters. The topological polar surface area (TPSA) is 37.3 Å². The summed E-state index contributed by atoms with van der Waals surface area (Å²) < 4.78 is 0. The Morgan fingerprint density at radius 1 is 1.03 bits per heavy atom. The van der Waals surface area contributed by atoms with Crippen molar-refractivity contribution >= 4 is 5.78 Å². The fourth-order valence-corrected chi connectivity index (χ4v) is 8.96. The Hall–Kier alpha value is -0.890. The van der Waals surface area contributed by atoms with Crippen LogP contribution < -0.4 is 0 Å². The minimum Gasteiger partial charge on any atom is -0.393 e. The van der Waals surface area contributed by atoms with Gasteiger partial charge in [0.15, 0.2) is 0 Å². The van der Waals surface area contributed by atoms with Crippen molar-refractivity contribution < 1.29 is 9.90 Å². The Bertz CT molecular complexity index is 821. The molecule has 0 aliphatic heterocycles. The lowest BCUT2D eigenvalue weighted by Crippen LogP contribution is -2.51. The van der Waals surface area contributed by atoms with Gasteiger partial charge in [-0.25, -0.2) is 0 Å². The number of carbonyl (C=O) groups excluding carboxylic acids is 1. The van der Waals surface area contributed by atoms with Crippen LogP contribution in [0.15, 0.2) is 23.3 Å². The number of aliphatic hydroxyl groups excluding tert-OH is 1. The molecule has 8 atom stereocenters. The SMILES string of the molecule is C=C(C[C@@H](O)[C@@H](C)[C@H]1CC[C@@]2(C)C3=C(CC[C@]12C)[C@@]1(C)CCC(=O)[C@H](C)[C@@H]1CC3)C(C)C. The van der Waals surface area contributed by atoms with Gasteiger partial charge in [-0.05, 0) is 91.3 Å². The first-order chi connectivity index (χ1) is 14.9. The summed E-state index contributed by atoms with van der Waals surface area (Å²) in [5.74, 6) is 2.56. The molecule has 0 radical (unpaired) electrons. The molecule has 0 spiro atoms. The van der Waals surface area contributed by atoms with Gasteiger partial charge in [0.2, 0.25) is 0 Å². The molecule has 0 aromatic heterocycles. The van der Waals surface area contributed by atoms with E-state index in [0.29, 0.717) is 29.5 Å².